The molecule has 0 spiro atoms. The van der Waals surface area contributed by atoms with E-state index >= 15 is 0 Å². The van der Waals surface area contributed by atoms with E-state index in [4.69, 9.17) is 0 Å². The van der Waals surface area contributed by atoms with Crippen LogP contribution in [0.2, 0.25) is 0 Å². The third kappa shape index (κ3) is 3.11. The van der Waals surface area contributed by atoms with Gasteiger partial charge in [-0.25, -0.2) is 8.42 Å². The summed E-state index contributed by atoms with van der Waals surface area (Å²) >= 11 is 0. The minimum Gasteiger partial charge on any atom is -0.378 e. The molecule has 0 saturated carbocycles. The van der Waals surface area contributed by atoms with Gasteiger partial charge in [-0.05, 0) is 36.8 Å². The van der Waals surface area contributed by atoms with Crippen molar-refractivity contribution >= 4 is 21.4 Å². The van der Waals surface area contributed by atoms with Gasteiger partial charge in [0.05, 0.1) is 10.6 Å². The third-order valence-corrected chi connectivity index (χ3v) is 4.40. The van der Waals surface area contributed by atoms with Crippen molar-refractivity contribution in [2.75, 3.05) is 23.7 Å². The van der Waals surface area contributed by atoms with E-state index in [1.54, 1.807) is 30.3 Å². The molecule has 0 amide bonds. The van der Waals surface area contributed by atoms with Crippen LogP contribution in [0.5, 0.6) is 0 Å². The topological polar surface area (TPSA) is 49.4 Å². The van der Waals surface area contributed by atoms with Crippen LogP contribution in [0.15, 0.2) is 53.4 Å². The van der Waals surface area contributed by atoms with Crippen LogP contribution in [0.25, 0.3) is 0 Å². The molecule has 0 radical (unpaired) electrons. The van der Waals surface area contributed by atoms with Crippen molar-refractivity contribution in [3.63, 3.8) is 0 Å². The highest BCUT2D eigenvalue weighted by Gasteiger charge is 2.15. The number of anilines is 2. The highest BCUT2D eigenvalue weighted by Crippen LogP contribution is 2.22. The molecule has 2 aromatic rings. The molecule has 2 rings (SSSR count). The lowest BCUT2D eigenvalue weighted by atomic mass is 10.2. The molecule has 0 saturated heterocycles. The van der Waals surface area contributed by atoms with Gasteiger partial charge in [-0.1, -0.05) is 24.3 Å². The van der Waals surface area contributed by atoms with Crippen molar-refractivity contribution in [2.24, 2.45) is 0 Å². The average Bonchev–Trinajstić information content (AvgIpc) is 2.41. The highest BCUT2D eigenvalue weighted by molar-refractivity contribution is 7.92. The fraction of sp³-hybridized carbons (Fsp3) is 0.200. The lowest BCUT2D eigenvalue weighted by Gasteiger charge is -2.15. The van der Waals surface area contributed by atoms with Crippen LogP contribution in [0.1, 0.15) is 5.56 Å². The molecule has 20 heavy (non-hydrogen) atoms. The van der Waals surface area contributed by atoms with Crippen LogP contribution < -0.4 is 9.62 Å². The molecule has 0 unspecified atom stereocenters. The molecule has 1 N–H and O–H groups in total. The van der Waals surface area contributed by atoms with Gasteiger partial charge in [-0.3, -0.25) is 4.72 Å². The van der Waals surface area contributed by atoms with Crippen LogP contribution in [-0.4, -0.2) is 22.5 Å². The van der Waals surface area contributed by atoms with E-state index in [9.17, 15) is 8.42 Å². The Bertz CT molecular complexity index is 709. The van der Waals surface area contributed by atoms with Crippen molar-refractivity contribution in [1.82, 2.24) is 0 Å². The van der Waals surface area contributed by atoms with E-state index in [0.29, 0.717) is 5.69 Å². The van der Waals surface area contributed by atoms with E-state index in [1.807, 2.05) is 44.1 Å². The minimum absolute atomic E-state index is 0.256. The van der Waals surface area contributed by atoms with Crippen LogP contribution in [0.4, 0.5) is 11.4 Å². The SMILES string of the molecule is Cc1ccccc1NS(=O)(=O)c1cccc(N(C)C)c1. The number of hydrogen-bond acceptors (Lipinski definition) is 3. The first-order valence-electron chi connectivity index (χ1n) is 6.26. The van der Waals surface area contributed by atoms with Gasteiger partial charge >= 0.3 is 0 Å². The molecule has 0 fully saturated rings. The molecule has 0 aliphatic carbocycles. The quantitative estimate of drug-likeness (QED) is 0.942. The summed E-state index contributed by atoms with van der Waals surface area (Å²) in [5.74, 6) is 0. The number of aryl methyl sites for hydroxylation is 1. The third-order valence-electron chi connectivity index (χ3n) is 3.03. The van der Waals surface area contributed by atoms with Gasteiger partial charge in [0.15, 0.2) is 0 Å². The summed E-state index contributed by atoms with van der Waals surface area (Å²) in [5, 5.41) is 0. The van der Waals surface area contributed by atoms with E-state index in [0.717, 1.165) is 11.3 Å². The van der Waals surface area contributed by atoms with Gasteiger partial charge in [0.1, 0.15) is 0 Å². The zero-order chi connectivity index (χ0) is 14.8. The first kappa shape index (κ1) is 14.4. The second kappa shape index (κ2) is 5.54. The predicted molar refractivity (Wildman–Crippen MR) is 82.8 cm³/mol. The lowest BCUT2D eigenvalue weighted by molar-refractivity contribution is 0.601. The minimum atomic E-state index is -3.57. The van der Waals surface area contributed by atoms with E-state index in [-0.39, 0.29) is 4.90 Å². The second-order valence-corrected chi connectivity index (χ2v) is 6.49. The molecule has 2 aromatic carbocycles. The molecule has 0 aliphatic heterocycles. The number of nitrogens with zero attached hydrogens (tertiary/aromatic N) is 1. The Labute approximate surface area is 120 Å². The largest absolute Gasteiger partial charge is 0.378 e. The number of para-hydroxylation sites is 1. The Balaban J connectivity index is 2.36. The van der Waals surface area contributed by atoms with E-state index in [2.05, 4.69) is 4.72 Å². The number of rotatable bonds is 4. The van der Waals surface area contributed by atoms with Crippen LogP contribution in [0, 0.1) is 6.92 Å². The van der Waals surface area contributed by atoms with Crippen molar-refractivity contribution < 1.29 is 8.42 Å². The number of benzene rings is 2. The lowest BCUT2D eigenvalue weighted by Crippen LogP contribution is -2.15. The maximum absolute atomic E-state index is 12.4. The van der Waals surface area contributed by atoms with Gasteiger partial charge in [0, 0.05) is 19.8 Å². The van der Waals surface area contributed by atoms with Crippen molar-refractivity contribution in [3.8, 4) is 0 Å². The molecule has 0 bridgehead atoms. The van der Waals surface area contributed by atoms with Crippen molar-refractivity contribution in [1.29, 1.82) is 0 Å². The van der Waals surface area contributed by atoms with Crippen LogP contribution in [0.3, 0.4) is 0 Å². The molecule has 0 aromatic heterocycles. The van der Waals surface area contributed by atoms with Crippen molar-refractivity contribution in [3.05, 3.63) is 54.1 Å². The summed E-state index contributed by atoms with van der Waals surface area (Å²) in [4.78, 5) is 2.12. The number of hydrogen-bond donors (Lipinski definition) is 1. The maximum atomic E-state index is 12.4. The number of sulfonamides is 1. The Morgan fingerprint density at radius 2 is 1.70 bits per heavy atom. The fourth-order valence-corrected chi connectivity index (χ4v) is 2.99. The molecular formula is C15H18N2O2S. The first-order chi connectivity index (χ1) is 9.40. The molecular weight excluding hydrogens is 272 g/mol. The van der Waals surface area contributed by atoms with Crippen LogP contribution in [-0.2, 0) is 10.0 Å². The van der Waals surface area contributed by atoms with Gasteiger partial charge < -0.3 is 4.90 Å². The van der Waals surface area contributed by atoms with Gasteiger partial charge in [0.2, 0.25) is 0 Å². The summed E-state index contributed by atoms with van der Waals surface area (Å²) in [7, 11) is 0.182. The summed E-state index contributed by atoms with van der Waals surface area (Å²) in [6, 6.07) is 14.2. The second-order valence-electron chi connectivity index (χ2n) is 4.81. The number of nitrogens with one attached hydrogen (secondary N) is 1. The monoisotopic (exact) mass is 290 g/mol. The van der Waals surface area contributed by atoms with Gasteiger partial charge in [-0.2, -0.15) is 0 Å². The average molecular weight is 290 g/mol. The molecule has 0 atom stereocenters. The summed E-state index contributed by atoms with van der Waals surface area (Å²) in [6.07, 6.45) is 0. The maximum Gasteiger partial charge on any atom is 0.261 e. The smallest absolute Gasteiger partial charge is 0.261 e. The predicted octanol–water partition coefficient (Wildman–Crippen LogP) is 2.86. The Morgan fingerprint density at radius 3 is 2.35 bits per heavy atom. The Kier molecular flexibility index (Phi) is 3.99. The van der Waals surface area contributed by atoms with Gasteiger partial charge in [-0.15, -0.1) is 0 Å². The zero-order valence-corrected chi connectivity index (χ0v) is 12.6. The summed E-state index contributed by atoms with van der Waals surface area (Å²) < 4.78 is 27.4. The molecule has 0 heterocycles. The van der Waals surface area contributed by atoms with Crippen molar-refractivity contribution in [2.45, 2.75) is 11.8 Å². The summed E-state index contributed by atoms with van der Waals surface area (Å²) in [6.45, 7) is 1.87. The molecule has 0 aliphatic rings. The Hall–Kier alpha value is -2.01. The van der Waals surface area contributed by atoms with Gasteiger partial charge in [0.25, 0.3) is 10.0 Å². The normalized spacial score (nSPS) is 11.2. The van der Waals surface area contributed by atoms with E-state index < -0.39 is 10.0 Å². The highest BCUT2D eigenvalue weighted by atomic mass is 32.2. The molecule has 4 nitrogen and oxygen atoms in total. The van der Waals surface area contributed by atoms with Crippen LogP contribution >= 0.6 is 0 Å². The first-order valence-corrected chi connectivity index (χ1v) is 7.74. The Morgan fingerprint density at radius 1 is 1.00 bits per heavy atom. The zero-order valence-electron chi connectivity index (χ0n) is 11.8. The fourth-order valence-electron chi connectivity index (χ4n) is 1.82. The van der Waals surface area contributed by atoms with E-state index in [1.165, 1.54) is 0 Å². The molecule has 106 valence electrons. The molecule has 5 heteroatoms. The standard InChI is InChI=1S/C15H18N2O2S/c1-12-7-4-5-10-15(12)16-20(18,19)14-9-6-8-13(11-14)17(2)3/h4-11,16H,1-3H3. The summed E-state index contributed by atoms with van der Waals surface area (Å²) in [5.41, 5.74) is 2.33.